The molecule has 134 valence electrons. The van der Waals surface area contributed by atoms with E-state index in [9.17, 15) is 5.26 Å². The van der Waals surface area contributed by atoms with E-state index in [1.807, 2.05) is 48.7 Å². The van der Waals surface area contributed by atoms with Gasteiger partial charge in [-0.3, -0.25) is 4.98 Å². The summed E-state index contributed by atoms with van der Waals surface area (Å²) in [6, 6.07) is 13.7. The van der Waals surface area contributed by atoms with Gasteiger partial charge in [0, 0.05) is 28.5 Å². The van der Waals surface area contributed by atoms with Gasteiger partial charge in [0.25, 0.3) is 0 Å². The lowest BCUT2D eigenvalue weighted by Gasteiger charge is -2.29. The average Bonchev–Trinajstić information content (AvgIpc) is 3.16. The Morgan fingerprint density at radius 3 is 2.81 bits per heavy atom. The Balaban J connectivity index is 1.58. The van der Waals surface area contributed by atoms with Crippen LogP contribution in [0.25, 0.3) is 17.2 Å². The second-order valence-electron chi connectivity index (χ2n) is 7.14. The molecule has 0 radical (unpaired) electrons. The summed E-state index contributed by atoms with van der Waals surface area (Å²) in [6.07, 6.45) is 6.88. The van der Waals surface area contributed by atoms with Gasteiger partial charge in [0.05, 0.1) is 17.3 Å². The zero-order chi connectivity index (χ0) is 18.8. The Kier molecular flexibility index (Phi) is 4.55. The minimum atomic E-state index is 0.152. The van der Waals surface area contributed by atoms with Gasteiger partial charge in [-0.2, -0.15) is 5.26 Å². The molecule has 0 saturated carbocycles. The number of allylic oxidation sites excluding steroid dienone is 1. The van der Waals surface area contributed by atoms with Gasteiger partial charge in [-0.25, -0.2) is 0 Å². The van der Waals surface area contributed by atoms with Crippen LogP contribution in [0.5, 0.6) is 0 Å². The first-order chi connectivity index (χ1) is 13.2. The van der Waals surface area contributed by atoms with Crippen molar-refractivity contribution in [3.63, 3.8) is 0 Å². The predicted molar refractivity (Wildman–Crippen MR) is 102 cm³/mol. The molecule has 0 aliphatic heterocycles. The number of aromatic nitrogens is 3. The molecule has 3 atom stereocenters. The Morgan fingerprint density at radius 2 is 2.04 bits per heavy atom. The third-order valence-corrected chi connectivity index (χ3v) is 5.49. The molecule has 2 heterocycles. The Bertz CT molecular complexity index is 1010. The first kappa shape index (κ1) is 17.2. The lowest BCUT2D eigenvalue weighted by atomic mass is 9.74. The van der Waals surface area contributed by atoms with Crippen molar-refractivity contribution in [1.82, 2.24) is 15.4 Å². The number of pyridine rings is 1. The maximum atomic E-state index is 9.27. The largest absolute Gasteiger partial charge is 0.341 e. The van der Waals surface area contributed by atoms with Crippen LogP contribution in [0.1, 0.15) is 42.5 Å². The third kappa shape index (κ3) is 3.26. The number of rotatable bonds is 3. The fourth-order valence-corrected chi connectivity index (χ4v) is 3.65. The quantitative estimate of drug-likeness (QED) is 0.684. The van der Waals surface area contributed by atoms with Crippen LogP contribution < -0.4 is 0 Å². The predicted octanol–water partition coefficient (Wildman–Crippen LogP) is 4.63. The van der Waals surface area contributed by atoms with E-state index < -0.39 is 0 Å². The zero-order valence-electron chi connectivity index (χ0n) is 15.3. The van der Waals surface area contributed by atoms with Crippen molar-refractivity contribution in [3.8, 4) is 17.2 Å². The van der Waals surface area contributed by atoms with Crippen LogP contribution in [0, 0.1) is 23.2 Å². The number of nitrogens with zero attached hydrogens (tertiary/aromatic N) is 4. The maximum absolute atomic E-state index is 9.27. The van der Waals surface area contributed by atoms with Gasteiger partial charge < -0.3 is 4.52 Å². The van der Waals surface area contributed by atoms with E-state index in [0.29, 0.717) is 17.4 Å². The topological polar surface area (TPSA) is 75.6 Å². The molecular formula is C22H20N4O. The molecule has 0 spiro atoms. The summed E-state index contributed by atoms with van der Waals surface area (Å²) in [5.41, 5.74) is 4.32. The molecule has 2 aromatic heterocycles. The molecule has 1 aromatic carbocycles. The highest BCUT2D eigenvalue weighted by atomic mass is 16.5. The van der Waals surface area contributed by atoms with E-state index >= 15 is 0 Å². The summed E-state index contributed by atoms with van der Waals surface area (Å²) < 4.78 is 5.41. The van der Waals surface area contributed by atoms with Crippen molar-refractivity contribution >= 4 is 6.08 Å². The van der Waals surface area contributed by atoms with E-state index in [1.165, 1.54) is 0 Å². The normalized spacial score (nSPS) is 21.7. The van der Waals surface area contributed by atoms with Gasteiger partial charge in [0.1, 0.15) is 5.69 Å². The molecule has 1 aliphatic rings. The van der Waals surface area contributed by atoms with Gasteiger partial charge in [0.2, 0.25) is 0 Å². The average molecular weight is 356 g/mol. The lowest BCUT2D eigenvalue weighted by Crippen LogP contribution is -2.24. The molecule has 27 heavy (non-hydrogen) atoms. The highest BCUT2D eigenvalue weighted by molar-refractivity contribution is 5.70. The summed E-state index contributed by atoms with van der Waals surface area (Å²) in [5.74, 6) is 2.00. The van der Waals surface area contributed by atoms with Crippen molar-refractivity contribution < 1.29 is 4.52 Å². The SMILES string of the molecule is C[C@H]1Cc2nnoc2C(/C=C/c2ccc(-c3ccccc3C#N)cn2)[C@@H]1C. The molecule has 1 unspecified atom stereocenters. The van der Waals surface area contributed by atoms with Crippen molar-refractivity contribution in [2.75, 3.05) is 0 Å². The summed E-state index contributed by atoms with van der Waals surface area (Å²) in [7, 11) is 0. The molecule has 0 amide bonds. The number of nitriles is 1. The summed E-state index contributed by atoms with van der Waals surface area (Å²) in [5, 5.41) is 17.1. The molecule has 0 N–H and O–H groups in total. The van der Waals surface area contributed by atoms with Gasteiger partial charge >= 0.3 is 0 Å². The molecule has 3 aromatic rings. The molecule has 5 heteroatoms. The molecule has 0 fully saturated rings. The molecule has 1 aliphatic carbocycles. The minimum Gasteiger partial charge on any atom is -0.341 e. The highest BCUT2D eigenvalue weighted by Crippen LogP contribution is 2.39. The molecular weight excluding hydrogens is 336 g/mol. The smallest absolute Gasteiger partial charge is 0.167 e. The van der Waals surface area contributed by atoms with Crippen LogP contribution in [0.4, 0.5) is 0 Å². The van der Waals surface area contributed by atoms with Crippen molar-refractivity contribution in [2.45, 2.75) is 26.2 Å². The number of fused-ring (bicyclic) bond motifs is 1. The Labute approximate surface area is 158 Å². The fourth-order valence-electron chi connectivity index (χ4n) is 3.65. The van der Waals surface area contributed by atoms with E-state index in [2.05, 4.69) is 41.3 Å². The Morgan fingerprint density at radius 1 is 1.19 bits per heavy atom. The van der Waals surface area contributed by atoms with Crippen LogP contribution in [0.15, 0.2) is 53.2 Å². The summed E-state index contributed by atoms with van der Waals surface area (Å²) in [6.45, 7) is 4.48. The van der Waals surface area contributed by atoms with Crippen molar-refractivity contribution in [2.24, 2.45) is 11.8 Å². The second-order valence-corrected chi connectivity index (χ2v) is 7.14. The van der Waals surface area contributed by atoms with Crippen LogP contribution in [-0.4, -0.2) is 15.4 Å². The molecule has 4 rings (SSSR count). The number of benzene rings is 1. The number of hydrogen-bond acceptors (Lipinski definition) is 5. The standard InChI is InChI=1S/C22H20N4O/c1-14-11-21-22(27-26-25-21)19(15(14)2)10-9-18-8-7-17(13-24-18)20-6-4-3-5-16(20)12-23/h3-10,13-15,19H,11H2,1-2H3/b10-9+/t14-,15+,19?/m0/s1. The highest BCUT2D eigenvalue weighted by Gasteiger charge is 2.34. The third-order valence-electron chi connectivity index (χ3n) is 5.49. The van der Waals surface area contributed by atoms with Crippen LogP contribution >= 0.6 is 0 Å². The van der Waals surface area contributed by atoms with E-state index in [4.69, 9.17) is 4.52 Å². The first-order valence-corrected chi connectivity index (χ1v) is 9.12. The summed E-state index contributed by atoms with van der Waals surface area (Å²) >= 11 is 0. The molecule has 5 nitrogen and oxygen atoms in total. The van der Waals surface area contributed by atoms with E-state index in [1.54, 1.807) is 0 Å². The summed E-state index contributed by atoms with van der Waals surface area (Å²) in [4.78, 5) is 4.54. The maximum Gasteiger partial charge on any atom is 0.167 e. The molecule has 0 saturated heterocycles. The molecule has 0 bridgehead atoms. The zero-order valence-corrected chi connectivity index (χ0v) is 15.3. The first-order valence-electron chi connectivity index (χ1n) is 9.12. The van der Waals surface area contributed by atoms with Gasteiger partial charge in [-0.1, -0.05) is 44.2 Å². The van der Waals surface area contributed by atoms with Crippen LogP contribution in [0.3, 0.4) is 0 Å². The second kappa shape index (κ2) is 7.16. The van der Waals surface area contributed by atoms with Crippen molar-refractivity contribution in [3.05, 3.63) is 71.4 Å². The van der Waals surface area contributed by atoms with E-state index in [0.717, 1.165) is 34.7 Å². The Hall–Kier alpha value is -3.26. The van der Waals surface area contributed by atoms with Crippen LogP contribution in [0.2, 0.25) is 0 Å². The number of hydrogen-bond donors (Lipinski definition) is 0. The fraction of sp³-hybridized carbons (Fsp3) is 0.273. The van der Waals surface area contributed by atoms with E-state index in [-0.39, 0.29) is 5.92 Å². The van der Waals surface area contributed by atoms with Gasteiger partial charge in [0.15, 0.2) is 5.76 Å². The minimum absolute atomic E-state index is 0.152. The van der Waals surface area contributed by atoms with Crippen LogP contribution in [-0.2, 0) is 6.42 Å². The van der Waals surface area contributed by atoms with Gasteiger partial charge in [-0.05, 0) is 36.5 Å². The van der Waals surface area contributed by atoms with Gasteiger partial charge in [-0.15, -0.1) is 5.10 Å². The lowest BCUT2D eigenvalue weighted by molar-refractivity contribution is 0.272. The monoisotopic (exact) mass is 356 g/mol. The van der Waals surface area contributed by atoms with Crippen molar-refractivity contribution in [1.29, 1.82) is 5.26 Å².